The summed E-state index contributed by atoms with van der Waals surface area (Å²) in [4.78, 5) is 12.2. The summed E-state index contributed by atoms with van der Waals surface area (Å²) in [5.41, 5.74) is 0.491. The zero-order valence-electron chi connectivity index (χ0n) is 9.54. The van der Waals surface area contributed by atoms with Crippen LogP contribution < -0.4 is 5.32 Å². The molecular weight excluding hydrogens is 397 g/mol. The zero-order chi connectivity index (χ0) is 12.8. The van der Waals surface area contributed by atoms with Crippen molar-refractivity contribution in [3.05, 3.63) is 27.3 Å². The number of alkyl halides is 1. The number of aromatic hydroxyl groups is 1. The van der Waals surface area contributed by atoms with Crippen molar-refractivity contribution in [2.75, 3.05) is 6.54 Å². The number of halogens is 2. The molecule has 0 spiro atoms. The molecule has 5 heteroatoms. The molecule has 0 aliphatic heterocycles. The van der Waals surface area contributed by atoms with E-state index >= 15 is 0 Å². The molecule has 0 heterocycles. The lowest BCUT2D eigenvalue weighted by Crippen LogP contribution is -2.25. The molecule has 1 unspecified atom stereocenters. The Bertz CT molecular complexity index is 398. The molecular formula is C12H15BrINO2. The Morgan fingerprint density at radius 3 is 2.88 bits per heavy atom. The molecule has 0 bridgehead atoms. The van der Waals surface area contributed by atoms with Gasteiger partial charge in [-0.2, -0.15) is 0 Å². The molecule has 0 aliphatic carbocycles. The first-order chi connectivity index (χ1) is 8.04. The Morgan fingerprint density at radius 1 is 1.59 bits per heavy atom. The average Bonchev–Trinajstić information content (AvgIpc) is 2.32. The van der Waals surface area contributed by atoms with Crippen LogP contribution in [0.15, 0.2) is 18.2 Å². The minimum absolute atomic E-state index is 0.144. The zero-order valence-corrected chi connectivity index (χ0v) is 13.3. The maximum Gasteiger partial charge on any atom is 0.251 e. The van der Waals surface area contributed by atoms with Crippen molar-refractivity contribution in [1.29, 1.82) is 0 Å². The fraction of sp³-hybridized carbons (Fsp3) is 0.417. The predicted octanol–water partition coefficient (Wildman–Crippen LogP) is 3.29. The molecule has 3 nitrogen and oxygen atoms in total. The Kier molecular flexibility index (Phi) is 6.26. The van der Waals surface area contributed by atoms with Crippen LogP contribution in [0.4, 0.5) is 0 Å². The third-order valence-electron chi connectivity index (χ3n) is 2.39. The molecule has 1 rings (SSSR count). The average molecular weight is 412 g/mol. The van der Waals surface area contributed by atoms with Gasteiger partial charge in [0.05, 0.1) is 3.57 Å². The van der Waals surface area contributed by atoms with Gasteiger partial charge in [0, 0.05) is 16.9 Å². The summed E-state index contributed by atoms with van der Waals surface area (Å²) in [6.45, 7) is 2.73. The number of phenols is 1. The van der Waals surface area contributed by atoms with Gasteiger partial charge in [0.1, 0.15) is 5.75 Å². The van der Waals surface area contributed by atoms with E-state index in [-0.39, 0.29) is 11.7 Å². The first kappa shape index (κ1) is 14.8. The number of benzene rings is 1. The predicted molar refractivity (Wildman–Crippen MR) is 80.8 cm³/mol. The Labute approximate surface area is 123 Å². The normalized spacial score (nSPS) is 12.2. The number of carbonyl (C=O) groups excluding carboxylic acids is 1. The molecule has 1 atom stereocenters. The van der Waals surface area contributed by atoms with Crippen molar-refractivity contribution in [1.82, 2.24) is 5.32 Å². The van der Waals surface area contributed by atoms with E-state index in [2.05, 4.69) is 28.2 Å². The summed E-state index contributed by atoms with van der Waals surface area (Å²) < 4.78 is 0.741. The Hall–Kier alpha value is -0.300. The molecule has 0 radical (unpaired) electrons. The van der Waals surface area contributed by atoms with E-state index in [1.165, 1.54) is 6.07 Å². The van der Waals surface area contributed by atoms with Crippen LogP contribution in [0.3, 0.4) is 0 Å². The lowest BCUT2D eigenvalue weighted by molar-refractivity contribution is 0.0953. The van der Waals surface area contributed by atoms with Crippen LogP contribution in [-0.4, -0.2) is 22.4 Å². The van der Waals surface area contributed by atoms with Gasteiger partial charge in [-0.25, -0.2) is 0 Å². The van der Waals surface area contributed by atoms with Crippen molar-refractivity contribution in [3.63, 3.8) is 0 Å². The first-order valence-corrected chi connectivity index (χ1v) is 7.44. The number of hydrogen-bond donors (Lipinski definition) is 2. The van der Waals surface area contributed by atoms with Gasteiger partial charge in [-0.15, -0.1) is 0 Å². The molecule has 0 fully saturated rings. The monoisotopic (exact) mass is 411 g/mol. The summed E-state index contributed by atoms with van der Waals surface area (Å²) in [7, 11) is 0. The summed E-state index contributed by atoms with van der Waals surface area (Å²) in [6.07, 6.45) is 1.94. The van der Waals surface area contributed by atoms with Crippen LogP contribution in [-0.2, 0) is 0 Å². The molecule has 2 N–H and O–H groups in total. The highest BCUT2D eigenvalue weighted by atomic mass is 127. The smallest absolute Gasteiger partial charge is 0.251 e. The van der Waals surface area contributed by atoms with Crippen LogP contribution in [0.1, 0.15) is 30.1 Å². The van der Waals surface area contributed by atoms with E-state index in [0.717, 1.165) is 16.4 Å². The fourth-order valence-electron chi connectivity index (χ4n) is 1.30. The second-order valence-electron chi connectivity index (χ2n) is 3.72. The van der Waals surface area contributed by atoms with Gasteiger partial charge in [0.15, 0.2) is 0 Å². The van der Waals surface area contributed by atoms with E-state index in [4.69, 9.17) is 0 Å². The van der Waals surface area contributed by atoms with Crippen molar-refractivity contribution in [2.24, 2.45) is 0 Å². The Morgan fingerprint density at radius 2 is 2.29 bits per heavy atom. The molecule has 0 aliphatic rings. The van der Waals surface area contributed by atoms with E-state index in [1.807, 2.05) is 22.6 Å². The van der Waals surface area contributed by atoms with Gasteiger partial charge >= 0.3 is 0 Å². The van der Waals surface area contributed by atoms with Gasteiger partial charge in [-0.1, -0.05) is 22.9 Å². The first-order valence-electron chi connectivity index (χ1n) is 5.45. The summed E-state index contributed by atoms with van der Waals surface area (Å²) in [5, 5.41) is 12.3. The van der Waals surface area contributed by atoms with Crippen LogP contribution in [0.5, 0.6) is 5.75 Å². The highest BCUT2D eigenvalue weighted by molar-refractivity contribution is 14.1. The topological polar surface area (TPSA) is 49.3 Å². The molecule has 1 amide bonds. The van der Waals surface area contributed by atoms with Gasteiger partial charge < -0.3 is 10.4 Å². The molecule has 1 aromatic rings. The molecule has 0 saturated carbocycles. The molecule has 94 valence electrons. The Balaban J connectivity index is 2.50. The third kappa shape index (κ3) is 4.83. The molecule has 1 aromatic carbocycles. The highest BCUT2D eigenvalue weighted by Crippen LogP contribution is 2.20. The maximum absolute atomic E-state index is 11.7. The summed E-state index contributed by atoms with van der Waals surface area (Å²) >= 11 is 5.53. The third-order valence-corrected chi connectivity index (χ3v) is 4.41. The minimum atomic E-state index is -0.146. The van der Waals surface area contributed by atoms with Gasteiger partial charge in [0.25, 0.3) is 5.91 Å². The van der Waals surface area contributed by atoms with Gasteiger partial charge in [-0.05, 0) is 53.6 Å². The van der Waals surface area contributed by atoms with Crippen molar-refractivity contribution in [2.45, 2.75) is 24.6 Å². The molecule has 0 saturated heterocycles. The highest BCUT2D eigenvalue weighted by Gasteiger charge is 2.08. The number of rotatable bonds is 5. The molecule has 17 heavy (non-hydrogen) atoms. The standard InChI is InChI=1S/C12H15BrINO2/c1-2-9(13)5-6-15-12(17)8-3-4-10(14)11(16)7-8/h3-4,7,9,16H,2,5-6H2,1H3,(H,15,17). The van der Waals surface area contributed by atoms with Gasteiger partial charge in [0.2, 0.25) is 0 Å². The largest absolute Gasteiger partial charge is 0.507 e. The van der Waals surface area contributed by atoms with E-state index in [9.17, 15) is 9.90 Å². The maximum atomic E-state index is 11.7. The quantitative estimate of drug-likeness (QED) is 0.577. The van der Waals surface area contributed by atoms with Crippen molar-refractivity contribution < 1.29 is 9.90 Å². The number of nitrogens with one attached hydrogen (secondary N) is 1. The van der Waals surface area contributed by atoms with E-state index in [1.54, 1.807) is 12.1 Å². The van der Waals surface area contributed by atoms with Crippen LogP contribution >= 0.6 is 38.5 Å². The number of phenolic OH excluding ortho intramolecular Hbond substituents is 1. The number of amides is 1. The van der Waals surface area contributed by atoms with Crippen molar-refractivity contribution in [3.8, 4) is 5.75 Å². The lowest BCUT2D eigenvalue weighted by atomic mass is 10.2. The number of carbonyl (C=O) groups is 1. The van der Waals surface area contributed by atoms with Crippen LogP contribution in [0.25, 0.3) is 0 Å². The van der Waals surface area contributed by atoms with Crippen LogP contribution in [0.2, 0.25) is 0 Å². The second kappa shape index (κ2) is 7.20. The van der Waals surface area contributed by atoms with Crippen molar-refractivity contribution >= 4 is 44.4 Å². The summed E-state index contributed by atoms with van der Waals surface area (Å²) in [6, 6.07) is 4.93. The second-order valence-corrected chi connectivity index (χ2v) is 6.17. The van der Waals surface area contributed by atoms with E-state index < -0.39 is 0 Å². The van der Waals surface area contributed by atoms with Gasteiger partial charge in [-0.3, -0.25) is 4.79 Å². The fourth-order valence-corrected chi connectivity index (χ4v) is 1.87. The lowest BCUT2D eigenvalue weighted by Gasteiger charge is -2.08. The summed E-state index contributed by atoms with van der Waals surface area (Å²) in [5.74, 6) is -0.00215. The van der Waals surface area contributed by atoms with E-state index in [0.29, 0.717) is 16.9 Å². The van der Waals surface area contributed by atoms with Crippen LogP contribution in [0, 0.1) is 3.57 Å². The number of hydrogen-bond acceptors (Lipinski definition) is 2. The minimum Gasteiger partial charge on any atom is -0.507 e. The molecule has 0 aromatic heterocycles. The SMILES string of the molecule is CCC(Br)CCNC(=O)c1ccc(I)c(O)c1.